The zero-order valence-corrected chi connectivity index (χ0v) is 15.5. The van der Waals surface area contributed by atoms with Crippen molar-refractivity contribution in [1.82, 2.24) is 10.2 Å². The number of nitrogens with one attached hydrogen (secondary N) is 1. The molecule has 1 aromatic heterocycles. The molecule has 1 amide bonds. The number of carbonyl (C=O) groups is 1. The van der Waals surface area contributed by atoms with E-state index in [9.17, 15) is 4.79 Å². The van der Waals surface area contributed by atoms with Gasteiger partial charge in [0.25, 0.3) is 5.91 Å². The summed E-state index contributed by atoms with van der Waals surface area (Å²) < 4.78 is 0. The maximum absolute atomic E-state index is 12.6. The minimum Gasteiger partial charge on any atom is -0.349 e. The molecule has 2 aromatic rings. The van der Waals surface area contributed by atoms with E-state index in [1.165, 1.54) is 22.4 Å². The van der Waals surface area contributed by atoms with Crippen LogP contribution in [0.2, 0.25) is 0 Å². The number of amides is 1. The van der Waals surface area contributed by atoms with Crippen LogP contribution in [-0.4, -0.2) is 31.4 Å². The summed E-state index contributed by atoms with van der Waals surface area (Å²) in [5.41, 5.74) is 2.61. The Morgan fingerprint density at radius 1 is 1.33 bits per heavy atom. The molecule has 3 rings (SSSR count). The van der Waals surface area contributed by atoms with E-state index in [1.54, 1.807) is 11.3 Å². The zero-order chi connectivity index (χ0) is 17.1. The van der Waals surface area contributed by atoms with Gasteiger partial charge in [-0.2, -0.15) is 0 Å². The summed E-state index contributed by atoms with van der Waals surface area (Å²) in [6.45, 7) is 2.91. The summed E-state index contributed by atoms with van der Waals surface area (Å²) in [5.74, 6) is 0.795. The Labute approximate surface area is 148 Å². The molecule has 0 saturated carbocycles. The van der Waals surface area contributed by atoms with Crippen LogP contribution in [0.4, 0.5) is 0 Å². The summed E-state index contributed by atoms with van der Waals surface area (Å²) in [6.07, 6.45) is 3.48. The topological polar surface area (TPSA) is 32.3 Å². The highest BCUT2D eigenvalue weighted by atomic mass is 32.1. The van der Waals surface area contributed by atoms with Crippen molar-refractivity contribution >= 4 is 17.2 Å². The maximum Gasteiger partial charge on any atom is 0.261 e. The number of hydrogen-bond acceptors (Lipinski definition) is 3. The molecule has 1 N–H and O–H groups in total. The fourth-order valence-corrected chi connectivity index (χ4v) is 4.49. The lowest BCUT2D eigenvalue weighted by atomic mass is 9.90. The Morgan fingerprint density at radius 3 is 2.79 bits per heavy atom. The van der Waals surface area contributed by atoms with Crippen molar-refractivity contribution in [2.24, 2.45) is 5.92 Å². The first-order valence-corrected chi connectivity index (χ1v) is 9.47. The van der Waals surface area contributed by atoms with Crippen LogP contribution in [0.25, 0.3) is 0 Å². The van der Waals surface area contributed by atoms with Gasteiger partial charge in [-0.05, 0) is 56.5 Å². The van der Waals surface area contributed by atoms with Crippen LogP contribution < -0.4 is 5.32 Å². The molecule has 1 aliphatic carbocycles. The van der Waals surface area contributed by atoms with Crippen molar-refractivity contribution in [1.29, 1.82) is 0 Å². The predicted molar refractivity (Wildman–Crippen MR) is 101 cm³/mol. The third-order valence-corrected chi connectivity index (χ3v) is 6.05. The van der Waals surface area contributed by atoms with Gasteiger partial charge in [-0.1, -0.05) is 37.3 Å². The minimum absolute atomic E-state index is 0.0600. The molecule has 24 heavy (non-hydrogen) atoms. The molecule has 4 heteroatoms. The van der Waals surface area contributed by atoms with Gasteiger partial charge in [0.15, 0.2) is 0 Å². The first kappa shape index (κ1) is 17.2. The summed E-state index contributed by atoms with van der Waals surface area (Å²) in [4.78, 5) is 17.0. The Balaban J connectivity index is 1.66. The van der Waals surface area contributed by atoms with Crippen molar-refractivity contribution in [2.45, 2.75) is 32.2 Å². The second-order valence-corrected chi connectivity index (χ2v) is 8.14. The largest absolute Gasteiger partial charge is 0.349 e. The zero-order valence-electron chi connectivity index (χ0n) is 14.7. The van der Waals surface area contributed by atoms with E-state index in [0.29, 0.717) is 6.54 Å². The van der Waals surface area contributed by atoms with Crippen molar-refractivity contribution in [2.75, 3.05) is 20.6 Å². The quantitative estimate of drug-likeness (QED) is 0.893. The normalized spacial score (nSPS) is 18.2. The molecule has 0 bridgehead atoms. The fourth-order valence-electron chi connectivity index (χ4n) is 3.37. The molecule has 128 valence electrons. The van der Waals surface area contributed by atoms with Crippen LogP contribution in [0.1, 0.15) is 45.1 Å². The monoisotopic (exact) mass is 342 g/mol. The van der Waals surface area contributed by atoms with Gasteiger partial charge in [0.2, 0.25) is 0 Å². The van der Waals surface area contributed by atoms with E-state index in [4.69, 9.17) is 0 Å². The molecule has 1 aliphatic rings. The van der Waals surface area contributed by atoms with Crippen LogP contribution in [0, 0.1) is 5.92 Å². The van der Waals surface area contributed by atoms with E-state index in [2.05, 4.69) is 49.4 Å². The third-order valence-electron chi connectivity index (χ3n) is 4.82. The number of rotatable bonds is 5. The standard InChI is InChI=1S/C20H26N2OS/c1-14-9-10-18-16(11-14)12-19(24-18)20(23)21-13-17(22(2)3)15-7-5-4-6-8-15/h4-8,12,14,17H,9-11,13H2,1-3H3,(H,21,23)/t14-,17+/m0/s1. The number of hydrogen-bond donors (Lipinski definition) is 1. The molecule has 3 nitrogen and oxygen atoms in total. The van der Waals surface area contributed by atoms with Gasteiger partial charge in [-0.3, -0.25) is 4.79 Å². The van der Waals surface area contributed by atoms with Gasteiger partial charge in [0.1, 0.15) is 0 Å². The predicted octanol–water partition coefficient (Wildman–Crippen LogP) is 3.91. The highest BCUT2D eigenvalue weighted by Gasteiger charge is 2.21. The van der Waals surface area contributed by atoms with E-state index < -0.39 is 0 Å². The summed E-state index contributed by atoms with van der Waals surface area (Å²) in [5, 5.41) is 3.13. The number of nitrogens with zero attached hydrogens (tertiary/aromatic N) is 1. The highest BCUT2D eigenvalue weighted by molar-refractivity contribution is 7.14. The number of carbonyl (C=O) groups excluding carboxylic acids is 1. The van der Waals surface area contributed by atoms with Gasteiger partial charge in [-0.15, -0.1) is 11.3 Å². The second kappa shape index (κ2) is 7.49. The number of aryl methyl sites for hydroxylation is 1. The van der Waals surface area contributed by atoms with E-state index >= 15 is 0 Å². The van der Waals surface area contributed by atoms with Crippen LogP contribution >= 0.6 is 11.3 Å². The maximum atomic E-state index is 12.6. The lowest BCUT2D eigenvalue weighted by molar-refractivity contribution is 0.0946. The van der Waals surface area contributed by atoms with Crippen LogP contribution in [0.15, 0.2) is 36.4 Å². The summed E-state index contributed by atoms with van der Waals surface area (Å²) >= 11 is 1.68. The molecule has 0 fully saturated rings. The molecule has 0 saturated heterocycles. The Kier molecular flexibility index (Phi) is 5.36. The molecule has 0 unspecified atom stereocenters. The SMILES string of the molecule is C[C@H]1CCc2sc(C(=O)NC[C@H](c3ccccc3)N(C)C)cc2C1. The Morgan fingerprint density at radius 2 is 2.08 bits per heavy atom. The van der Waals surface area contributed by atoms with Crippen LogP contribution in [0.5, 0.6) is 0 Å². The molecule has 0 aliphatic heterocycles. The smallest absolute Gasteiger partial charge is 0.261 e. The van der Waals surface area contributed by atoms with Crippen molar-refractivity contribution in [3.8, 4) is 0 Å². The van der Waals surface area contributed by atoms with E-state index in [1.807, 2.05) is 18.2 Å². The van der Waals surface area contributed by atoms with Crippen LogP contribution in [-0.2, 0) is 12.8 Å². The van der Waals surface area contributed by atoms with Gasteiger partial charge < -0.3 is 10.2 Å². The van der Waals surface area contributed by atoms with Crippen LogP contribution in [0.3, 0.4) is 0 Å². The van der Waals surface area contributed by atoms with Gasteiger partial charge in [0.05, 0.1) is 10.9 Å². The van der Waals surface area contributed by atoms with Gasteiger partial charge in [-0.25, -0.2) is 0 Å². The van der Waals surface area contributed by atoms with Gasteiger partial charge in [0, 0.05) is 11.4 Å². The molecule has 1 heterocycles. The molecular formula is C20H26N2OS. The average molecular weight is 343 g/mol. The fraction of sp³-hybridized carbons (Fsp3) is 0.450. The summed E-state index contributed by atoms with van der Waals surface area (Å²) in [6, 6.07) is 12.6. The lowest BCUT2D eigenvalue weighted by Crippen LogP contribution is -2.34. The Hall–Kier alpha value is -1.65. The Bertz CT molecular complexity index is 693. The average Bonchev–Trinajstić information content (AvgIpc) is 2.98. The first-order valence-electron chi connectivity index (χ1n) is 8.65. The minimum atomic E-state index is 0.0600. The van der Waals surface area contributed by atoms with Crippen molar-refractivity contribution in [3.63, 3.8) is 0 Å². The molecular weight excluding hydrogens is 316 g/mol. The van der Waals surface area contributed by atoms with Crippen molar-refractivity contribution < 1.29 is 4.79 Å². The lowest BCUT2D eigenvalue weighted by Gasteiger charge is -2.25. The third kappa shape index (κ3) is 3.87. The number of fused-ring (bicyclic) bond motifs is 1. The van der Waals surface area contributed by atoms with Crippen molar-refractivity contribution in [3.05, 3.63) is 57.3 Å². The number of thiophene rings is 1. The van der Waals surface area contributed by atoms with E-state index in [0.717, 1.165) is 23.6 Å². The molecule has 2 atom stereocenters. The number of likely N-dealkylation sites (N-methyl/N-ethyl adjacent to an activating group) is 1. The molecule has 0 spiro atoms. The van der Waals surface area contributed by atoms with Gasteiger partial charge >= 0.3 is 0 Å². The highest BCUT2D eigenvalue weighted by Crippen LogP contribution is 2.32. The first-order chi connectivity index (χ1) is 11.5. The van der Waals surface area contributed by atoms with E-state index in [-0.39, 0.29) is 11.9 Å². The molecule has 0 radical (unpaired) electrons. The second-order valence-electron chi connectivity index (χ2n) is 7.01. The number of benzene rings is 1. The summed E-state index contributed by atoms with van der Waals surface area (Å²) in [7, 11) is 4.10. The molecule has 1 aromatic carbocycles.